The molecule has 0 spiro atoms. The van der Waals surface area contributed by atoms with Crippen LogP contribution in [-0.2, 0) is 13.6 Å². The van der Waals surface area contributed by atoms with E-state index in [1.807, 2.05) is 13.2 Å². The molecule has 0 amide bonds. The number of carbonyl (C=O) groups is 1. The first-order chi connectivity index (χ1) is 8.56. The van der Waals surface area contributed by atoms with Gasteiger partial charge in [0.05, 0.1) is 6.20 Å². The second kappa shape index (κ2) is 4.79. The number of nitrogens with one attached hydrogen (secondary N) is 1. The lowest BCUT2D eigenvalue weighted by Crippen LogP contribution is -2.01. The number of hydrogen-bond donors (Lipinski definition) is 3. The van der Waals surface area contributed by atoms with E-state index in [1.54, 1.807) is 16.9 Å². The van der Waals surface area contributed by atoms with Crippen LogP contribution < -0.4 is 5.32 Å². The monoisotopic (exact) mass is 247 g/mol. The van der Waals surface area contributed by atoms with Crippen LogP contribution in [0.1, 0.15) is 15.9 Å². The summed E-state index contributed by atoms with van der Waals surface area (Å²) < 4.78 is 1.70. The standard InChI is InChI=1S/C12H13N3O3/c1-15-7-8(6-14-15)5-13-9-2-3-10(12(17)18)11(16)4-9/h2-4,6-7,13,16H,5H2,1H3,(H,17,18). The summed E-state index contributed by atoms with van der Waals surface area (Å²) in [6, 6.07) is 4.36. The van der Waals surface area contributed by atoms with Crippen LogP contribution in [0.15, 0.2) is 30.6 Å². The highest BCUT2D eigenvalue weighted by molar-refractivity contribution is 5.91. The molecule has 18 heavy (non-hydrogen) atoms. The Morgan fingerprint density at radius 3 is 2.83 bits per heavy atom. The molecule has 0 atom stereocenters. The number of nitrogens with zero attached hydrogens (tertiary/aromatic N) is 2. The number of rotatable bonds is 4. The van der Waals surface area contributed by atoms with Gasteiger partial charge in [-0.2, -0.15) is 5.10 Å². The largest absolute Gasteiger partial charge is 0.507 e. The molecule has 1 aromatic heterocycles. The van der Waals surface area contributed by atoms with Crippen molar-refractivity contribution in [1.29, 1.82) is 0 Å². The molecule has 0 aliphatic heterocycles. The summed E-state index contributed by atoms with van der Waals surface area (Å²) in [5.74, 6) is -1.40. The van der Waals surface area contributed by atoms with Crippen molar-refractivity contribution < 1.29 is 15.0 Å². The predicted molar refractivity (Wildman–Crippen MR) is 65.6 cm³/mol. The molecule has 0 fully saturated rings. The maximum absolute atomic E-state index is 10.7. The molecule has 6 nitrogen and oxygen atoms in total. The van der Waals surface area contributed by atoms with E-state index in [-0.39, 0.29) is 11.3 Å². The van der Waals surface area contributed by atoms with Gasteiger partial charge in [-0.1, -0.05) is 0 Å². The van der Waals surface area contributed by atoms with Crippen LogP contribution in [0.2, 0.25) is 0 Å². The van der Waals surface area contributed by atoms with E-state index in [0.717, 1.165) is 5.56 Å². The molecule has 1 heterocycles. The van der Waals surface area contributed by atoms with Gasteiger partial charge in [0.1, 0.15) is 11.3 Å². The van der Waals surface area contributed by atoms with E-state index in [4.69, 9.17) is 5.11 Å². The predicted octanol–water partition coefficient (Wildman–Crippen LogP) is 1.44. The third kappa shape index (κ3) is 2.60. The first-order valence-corrected chi connectivity index (χ1v) is 5.34. The van der Waals surface area contributed by atoms with Gasteiger partial charge in [-0.05, 0) is 12.1 Å². The van der Waals surface area contributed by atoms with Crippen LogP contribution in [0, 0.1) is 0 Å². The third-order valence-corrected chi connectivity index (χ3v) is 2.48. The second-order valence-electron chi connectivity index (χ2n) is 3.91. The highest BCUT2D eigenvalue weighted by Crippen LogP contribution is 2.22. The molecule has 0 saturated heterocycles. The molecule has 0 unspecified atom stereocenters. The van der Waals surface area contributed by atoms with Gasteiger partial charge in [0.2, 0.25) is 0 Å². The molecule has 94 valence electrons. The number of carboxylic acid groups (broad SMARTS) is 1. The van der Waals surface area contributed by atoms with Crippen LogP contribution in [0.3, 0.4) is 0 Å². The summed E-state index contributed by atoms with van der Waals surface area (Å²) in [5.41, 5.74) is 1.54. The van der Waals surface area contributed by atoms with Gasteiger partial charge in [0.15, 0.2) is 0 Å². The number of aromatic carboxylic acids is 1. The number of aromatic nitrogens is 2. The van der Waals surface area contributed by atoms with Crippen molar-refractivity contribution in [3.8, 4) is 5.75 Å². The maximum atomic E-state index is 10.7. The van der Waals surface area contributed by atoms with E-state index in [0.29, 0.717) is 12.2 Å². The topological polar surface area (TPSA) is 87.4 Å². The third-order valence-electron chi connectivity index (χ3n) is 2.48. The lowest BCUT2D eigenvalue weighted by Gasteiger charge is -2.06. The Morgan fingerprint density at radius 1 is 1.50 bits per heavy atom. The zero-order valence-corrected chi connectivity index (χ0v) is 9.79. The van der Waals surface area contributed by atoms with Gasteiger partial charge in [-0.25, -0.2) is 4.79 Å². The highest BCUT2D eigenvalue weighted by Gasteiger charge is 2.09. The summed E-state index contributed by atoms with van der Waals surface area (Å²) in [4.78, 5) is 10.7. The minimum atomic E-state index is -1.15. The molecule has 1 aromatic carbocycles. The van der Waals surface area contributed by atoms with E-state index in [1.165, 1.54) is 12.1 Å². The Bertz CT molecular complexity index is 578. The number of benzene rings is 1. The van der Waals surface area contributed by atoms with Gasteiger partial charge in [-0.3, -0.25) is 4.68 Å². The smallest absolute Gasteiger partial charge is 0.339 e. The Hall–Kier alpha value is -2.50. The first kappa shape index (κ1) is 12.0. The number of phenols is 1. The molecular formula is C12H13N3O3. The van der Waals surface area contributed by atoms with E-state index in [9.17, 15) is 9.90 Å². The molecule has 2 rings (SSSR count). The molecule has 0 radical (unpaired) electrons. The quantitative estimate of drug-likeness (QED) is 0.760. The zero-order chi connectivity index (χ0) is 13.1. The normalized spacial score (nSPS) is 10.3. The molecular weight excluding hydrogens is 234 g/mol. The Morgan fingerprint density at radius 2 is 2.28 bits per heavy atom. The Balaban J connectivity index is 2.06. The van der Waals surface area contributed by atoms with Gasteiger partial charge in [0.25, 0.3) is 0 Å². The first-order valence-electron chi connectivity index (χ1n) is 5.34. The molecule has 2 aromatic rings. The van der Waals surface area contributed by atoms with E-state index in [2.05, 4.69) is 10.4 Å². The Kier molecular flexibility index (Phi) is 3.18. The van der Waals surface area contributed by atoms with Crippen molar-refractivity contribution in [3.05, 3.63) is 41.7 Å². The SMILES string of the molecule is Cn1cc(CNc2ccc(C(=O)O)c(O)c2)cn1. The van der Waals surface area contributed by atoms with Crippen LogP contribution in [0.4, 0.5) is 5.69 Å². The van der Waals surface area contributed by atoms with Crippen molar-refractivity contribution in [2.75, 3.05) is 5.32 Å². The average Bonchev–Trinajstić information content (AvgIpc) is 2.72. The minimum Gasteiger partial charge on any atom is -0.507 e. The van der Waals surface area contributed by atoms with E-state index < -0.39 is 5.97 Å². The number of aromatic hydroxyl groups is 1. The second-order valence-corrected chi connectivity index (χ2v) is 3.91. The average molecular weight is 247 g/mol. The number of hydrogen-bond acceptors (Lipinski definition) is 4. The summed E-state index contributed by atoms with van der Waals surface area (Å²) in [7, 11) is 1.83. The van der Waals surface area contributed by atoms with Crippen molar-refractivity contribution >= 4 is 11.7 Å². The summed E-state index contributed by atoms with van der Waals surface area (Å²) in [6.07, 6.45) is 3.61. The number of anilines is 1. The number of aryl methyl sites for hydroxylation is 1. The lowest BCUT2D eigenvalue weighted by atomic mass is 10.2. The van der Waals surface area contributed by atoms with E-state index >= 15 is 0 Å². The maximum Gasteiger partial charge on any atom is 0.339 e. The highest BCUT2D eigenvalue weighted by atomic mass is 16.4. The van der Waals surface area contributed by atoms with Gasteiger partial charge in [0, 0.05) is 37.1 Å². The van der Waals surface area contributed by atoms with Crippen molar-refractivity contribution in [2.45, 2.75) is 6.54 Å². The van der Waals surface area contributed by atoms with Crippen molar-refractivity contribution in [1.82, 2.24) is 9.78 Å². The van der Waals surface area contributed by atoms with Gasteiger partial charge >= 0.3 is 5.97 Å². The minimum absolute atomic E-state index is 0.109. The number of carboxylic acids is 1. The molecule has 6 heteroatoms. The fourth-order valence-electron chi connectivity index (χ4n) is 1.59. The molecule has 0 aliphatic rings. The molecule has 0 aliphatic carbocycles. The molecule has 0 saturated carbocycles. The fraction of sp³-hybridized carbons (Fsp3) is 0.167. The van der Waals surface area contributed by atoms with Crippen LogP contribution >= 0.6 is 0 Å². The summed E-state index contributed by atoms with van der Waals surface area (Å²) in [6.45, 7) is 0.555. The van der Waals surface area contributed by atoms with Crippen LogP contribution in [-0.4, -0.2) is 26.0 Å². The lowest BCUT2D eigenvalue weighted by molar-refractivity contribution is 0.0694. The molecule has 3 N–H and O–H groups in total. The summed E-state index contributed by atoms with van der Waals surface area (Å²) in [5, 5.41) is 25.4. The summed E-state index contributed by atoms with van der Waals surface area (Å²) >= 11 is 0. The molecule has 0 bridgehead atoms. The van der Waals surface area contributed by atoms with Crippen LogP contribution in [0.5, 0.6) is 5.75 Å². The zero-order valence-electron chi connectivity index (χ0n) is 9.79. The Labute approximate surface area is 103 Å². The van der Waals surface area contributed by atoms with Gasteiger partial charge < -0.3 is 15.5 Å². The van der Waals surface area contributed by atoms with Crippen molar-refractivity contribution in [3.63, 3.8) is 0 Å². The fourth-order valence-corrected chi connectivity index (χ4v) is 1.59. The van der Waals surface area contributed by atoms with Crippen LogP contribution in [0.25, 0.3) is 0 Å². The van der Waals surface area contributed by atoms with Crippen molar-refractivity contribution in [2.24, 2.45) is 7.05 Å². The van der Waals surface area contributed by atoms with Gasteiger partial charge in [-0.15, -0.1) is 0 Å².